The molecule has 3 rings (SSSR count). The first-order valence-corrected chi connectivity index (χ1v) is 6.77. The van der Waals surface area contributed by atoms with E-state index in [1.807, 2.05) is 18.2 Å². The zero-order valence-corrected chi connectivity index (χ0v) is 10.8. The maximum absolute atomic E-state index is 11.8. The van der Waals surface area contributed by atoms with Crippen LogP contribution in [-0.4, -0.2) is 28.7 Å². The van der Waals surface area contributed by atoms with Crippen molar-refractivity contribution >= 4 is 22.5 Å². The van der Waals surface area contributed by atoms with Crippen molar-refractivity contribution in [2.75, 3.05) is 11.9 Å². The minimum absolute atomic E-state index is 0.00534. The van der Waals surface area contributed by atoms with Crippen LogP contribution in [0.5, 0.6) is 0 Å². The van der Waals surface area contributed by atoms with Gasteiger partial charge in [0.15, 0.2) is 0 Å². The highest BCUT2D eigenvalue weighted by molar-refractivity contribution is 5.94. The summed E-state index contributed by atoms with van der Waals surface area (Å²) in [5.74, 6) is 0.00534. The van der Waals surface area contributed by atoms with Gasteiger partial charge in [0.25, 0.3) is 0 Å². The van der Waals surface area contributed by atoms with Gasteiger partial charge in [-0.2, -0.15) is 5.10 Å². The van der Waals surface area contributed by atoms with E-state index in [0.29, 0.717) is 12.6 Å². The van der Waals surface area contributed by atoms with Crippen LogP contribution < -0.4 is 10.6 Å². The lowest BCUT2D eigenvalue weighted by Gasteiger charge is -2.11. The Balaban J connectivity index is 1.55. The summed E-state index contributed by atoms with van der Waals surface area (Å²) >= 11 is 0. The summed E-state index contributed by atoms with van der Waals surface area (Å²) in [5, 5.41) is 14.1. The molecule has 100 valence electrons. The lowest BCUT2D eigenvalue weighted by atomic mass is 10.2. The van der Waals surface area contributed by atoms with E-state index < -0.39 is 0 Å². The average molecular weight is 258 g/mol. The highest BCUT2D eigenvalue weighted by Crippen LogP contribution is 2.18. The molecule has 5 heteroatoms. The quantitative estimate of drug-likeness (QED) is 0.786. The van der Waals surface area contributed by atoms with Gasteiger partial charge in [0.05, 0.1) is 18.3 Å². The SMILES string of the molecule is O=C(CNC1CCCC1)Nc1ccc2cn[nH]c2c1. The number of nitrogens with zero attached hydrogens (tertiary/aromatic N) is 1. The molecule has 1 aliphatic carbocycles. The Morgan fingerprint density at radius 3 is 3.05 bits per heavy atom. The van der Waals surface area contributed by atoms with E-state index in [9.17, 15) is 4.79 Å². The van der Waals surface area contributed by atoms with E-state index in [1.165, 1.54) is 25.7 Å². The molecule has 3 N–H and O–H groups in total. The summed E-state index contributed by atoms with van der Waals surface area (Å²) in [6, 6.07) is 6.25. The number of carbonyl (C=O) groups is 1. The molecule has 1 saturated carbocycles. The van der Waals surface area contributed by atoms with Gasteiger partial charge in [0.1, 0.15) is 0 Å². The second-order valence-corrected chi connectivity index (χ2v) is 5.08. The van der Waals surface area contributed by atoms with Crippen molar-refractivity contribution in [3.8, 4) is 0 Å². The van der Waals surface area contributed by atoms with Crippen LogP contribution in [0.1, 0.15) is 25.7 Å². The number of amides is 1. The molecule has 0 radical (unpaired) electrons. The van der Waals surface area contributed by atoms with E-state index >= 15 is 0 Å². The van der Waals surface area contributed by atoms with Crippen molar-refractivity contribution in [2.45, 2.75) is 31.7 Å². The summed E-state index contributed by atoms with van der Waals surface area (Å²) in [7, 11) is 0. The smallest absolute Gasteiger partial charge is 0.238 e. The maximum atomic E-state index is 11.8. The Bertz CT molecular complexity index is 572. The monoisotopic (exact) mass is 258 g/mol. The van der Waals surface area contributed by atoms with E-state index in [4.69, 9.17) is 0 Å². The van der Waals surface area contributed by atoms with Crippen LogP contribution in [0.4, 0.5) is 5.69 Å². The fourth-order valence-electron chi connectivity index (χ4n) is 2.59. The molecule has 0 bridgehead atoms. The number of hydrogen-bond donors (Lipinski definition) is 3. The third-order valence-electron chi connectivity index (χ3n) is 3.63. The number of rotatable bonds is 4. The van der Waals surface area contributed by atoms with Gasteiger partial charge in [-0.1, -0.05) is 12.8 Å². The lowest BCUT2D eigenvalue weighted by Crippen LogP contribution is -2.34. The molecule has 1 aliphatic rings. The molecule has 2 aromatic rings. The Morgan fingerprint density at radius 1 is 1.37 bits per heavy atom. The Morgan fingerprint density at radius 2 is 2.21 bits per heavy atom. The molecular weight excluding hydrogens is 240 g/mol. The van der Waals surface area contributed by atoms with Crippen molar-refractivity contribution in [1.82, 2.24) is 15.5 Å². The summed E-state index contributed by atoms with van der Waals surface area (Å²) in [4.78, 5) is 11.8. The van der Waals surface area contributed by atoms with Crippen LogP contribution in [0.25, 0.3) is 10.9 Å². The molecular formula is C14H18N4O. The van der Waals surface area contributed by atoms with Crippen LogP contribution >= 0.6 is 0 Å². The standard InChI is InChI=1S/C14H18N4O/c19-14(9-15-11-3-1-2-4-11)17-12-6-5-10-8-16-18-13(10)7-12/h5-8,11,15H,1-4,9H2,(H,16,18)(H,17,19). The first-order chi connectivity index (χ1) is 9.31. The molecule has 1 fully saturated rings. The average Bonchev–Trinajstić information content (AvgIpc) is 3.07. The van der Waals surface area contributed by atoms with Gasteiger partial charge in [0, 0.05) is 17.1 Å². The highest BCUT2D eigenvalue weighted by Gasteiger charge is 2.15. The van der Waals surface area contributed by atoms with E-state index in [0.717, 1.165) is 16.6 Å². The van der Waals surface area contributed by atoms with Gasteiger partial charge in [-0.15, -0.1) is 0 Å². The highest BCUT2D eigenvalue weighted by atomic mass is 16.1. The summed E-state index contributed by atoms with van der Waals surface area (Å²) < 4.78 is 0. The second-order valence-electron chi connectivity index (χ2n) is 5.08. The molecule has 0 atom stereocenters. The van der Waals surface area contributed by atoms with Gasteiger partial charge < -0.3 is 10.6 Å². The van der Waals surface area contributed by atoms with Gasteiger partial charge in [-0.25, -0.2) is 0 Å². The first kappa shape index (κ1) is 12.2. The van der Waals surface area contributed by atoms with E-state index in [-0.39, 0.29) is 5.91 Å². The maximum Gasteiger partial charge on any atom is 0.238 e. The van der Waals surface area contributed by atoms with E-state index in [2.05, 4.69) is 20.8 Å². The number of nitrogens with one attached hydrogen (secondary N) is 3. The Kier molecular flexibility index (Phi) is 3.46. The number of anilines is 1. The zero-order valence-electron chi connectivity index (χ0n) is 10.8. The minimum Gasteiger partial charge on any atom is -0.325 e. The molecule has 5 nitrogen and oxygen atoms in total. The number of aromatic nitrogens is 2. The van der Waals surface area contributed by atoms with Crippen LogP contribution in [0.15, 0.2) is 24.4 Å². The molecule has 1 heterocycles. The largest absolute Gasteiger partial charge is 0.325 e. The Hall–Kier alpha value is -1.88. The van der Waals surface area contributed by atoms with Crippen molar-refractivity contribution in [3.05, 3.63) is 24.4 Å². The third-order valence-corrected chi connectivity index (χ3v) is 3.63. The van der Waals surface area contributed by atoms with Crippen LogP contribution in [0.3, 0.4) is 0 Å². The summed E-state index contributed by atoms with van der Waals surface area (Å²) in [6.45, 7) is 0.381. The second kappa shape index (κ2) is 5.40. The number of benzene rings is 1. The minimum atomic E-state index is 0.00534. The van der Waals surface area contributed by atoms with E-state index in [1.54, 1.807) is 6.20 Å². The third kappa shape index (κ3) is 2.93. The van der Waals surface area contributed by atoms with Crippen molar-refractivity contribution < 1.29 is 4.79 Å². The predicted molar refractivity (Wildman–Crippen MR) is 75.0 cm³/mol. The molecule has 1 amide bonds. The number of hydrogen-bond acceptors (Lipinski definition) is 3. The normalized spacial score (nSPS) is 16.0. The molecule has 0 unspecified atom stereocenters. The molecule has 0 spiro atoms. The van der Waals surface area contributed by atoms with Gasteiger partial charge in [0.2, 0.25) is 5.91 Å². The number of carbonyl (C=O) groups excluding carboxylic acids is 1. The Labute approximate surface area is 111 Å². The van der Waals surface area contributed by atoms with Crippen molar-refractivity contribution in [1.29, 1.82) is 0 Å². The van der Waals surface area contributed by atoms with Crippen molar-refractivity contribution in [3.63, 3.8) is 0 Å². The fraction of sp³-hybridized carbons (Fsp3) is 0.429. The van der Waals surface area contributed by atoms with Gasteiger partial charge in [-0.3, -0.25) is 9.89 Å². The van der Waals surface area contributed by atoms with Gasteiger partial charge >= 0.3 is 0 Å². The molecule has 0 aliphatic heterocycles. The number of H-pyrrole nitrogens is 1. The van der Waals surface area contributed by atoms with Crippen LogP contribution in [0.2, 0.25) is 0 Å². The van der Waals surface area contributed by atoms with Crippen LogP contribution in [0, 0.1) is 0 Å². The fourth-order valence-corrected chi connectivity index (χ4v) is 2.59. The first-order valence-electron chi connectivity index (χ1n) is 6.77. The number of fused-ring (bicyclic) bond motifs is 1. The molecule has 1 aromatic heterocycles. The van der Waals surface area contributed by atoms with Crippen LogP contribution in [-0.2, 0) is 4.79 Å². The summed E-state index contributed by atoms with van der Waals surface area (Å²) in [6.07, 6.45) is 6.69. The predicted octanol–water partition coefficient (Wildman–Crippen LogP) is 2.03. The van der Waals surface area contributed by atoms with Crippen molar-refractivity contribution in [2.24, 2.45) is 0 Å². The zero-order chi connectivity index (χ0) is 13.1. The molecule has 1 aromatic carbocycles. The topological polar surface area (TPSA) is 69.8 Å². The molecule has 0 saturated heterocycles. The molecule has 19 heavy (non-hydrogen) atoms. The number of aromatic amines is 1. The van der Waals surface area contributed by atoms with Gasteiger partial charge in [-0.05, 0) is 31.0 Å². The summed E-state index contributed by atoms with van der Waals surface area (Å²) in [5.41, 5.74) is 1.73. The lowest BCUT2D eigenvalue weighted by molar-refractivity contribution is -0.115.